The lowest BCUT2D eigenvalue weighted by atomic mass is 10.0. The normalized spacial score (nSPS) is 12.2. The number of hydrogen-bond acceptors (Lipinski definition) is 4. The summed E-state index contributed by atoms with van der Waals surface area (Å²) >= 11 is 0. The largest absolute Gasteiger partial charge is 0.378 e. The van der Waals surface area contributed by atoms with Gasteiger partial charge >= 0.3 is 0 Å². The van der Waals surface area contributed by atoms with Crippen LogP contribution >= 0.6 is 0 Å². The van der Waals surface area contributed by atoms with Crippen molar-refractivity contribution in [1.29, 1.82) is 0 Å². The third-order valence-corrected chi connectivity index (χ3v) is 3.03. The summed E-state index contributed by atoms with van der Waals surface area (Å²) in [6.45, 7) is 2.98. The smallest absolute Gasteiger partial charge is 0.0801 e. The van der Waals surface area contributed by atoms with Crippen LogP contribution in [0, 0.1) is 0 Å². The van der Waals surface area contributed by atoms with Crippen LogP contribution in [0.25, 0.3) is 0 Å². The second-order valence-corrected chi connectivity index (χ2v) is 4.61. The van der Waals surface area contributed by atoms with Crippen molar-refractivity contribution in [3.05, 3.63) is 54.1 Å². The quantitative estimate of drug-likeness (QED) is 0.890. The highest BCUT2D eigenvalue weighted by molar-refractivity contribution is 5.47. The van der Waals surface area contributed by atoms with E-state index in [4.69, 9.17) is 0 Å². The summed E-state index contributed by atoms with van der Waals surface area (Å²) < 4.78 is 0. The first kappa shape index (κ1) is 13.5. The molecule has 2 aromatic rings. The van der Waals surface area contributed by atoms with Crippen molar-refractivity contribution in [2.24, 2.45) is 0 Å². The molecular weight excluding hydrogens is 236 g/mol. The second kappa shape index (κ2) is 6.29. The Kier molecular flexibility index (Phi) is 4.47. The molecule has 1 atom stereocenters. The summed E-state index contributed by atoms with van der Waals surface area (Å²) in [7, 11) is 4.08. The van der Waals surface area contributed by atoms with Gasteiger partial charge in [-0.2, -0.15) is 0 Å². The Bertz CT molecular complexity index is 493. The van der Waals surface area contributed by atoms with Gasteiger partial charge in [-0.1, -0.05) is 19.1 Å². The van der Waals surface area contributed by atoms with Gasteiger partial charge in [-0.25, -0.2) is 0 Å². The average Bonchev–Trinajstić information content (AvgIpc) is 2.46. The Morgan fingerprint density at radius 3 is 2.42 bits per heavy atom. The standard InChI is InChI=1S/C15H20N4/c1-4-17-15(14-11-16-9-10-18-14)12-5-7-13(8-6-12)19(2)3/h5-11,15,17H,4H2,1-3H3. The van der Waals surface area contributed by atoms with E-state index in [0.717, 1.165) is 12.2 Å². The molecule has 4 heteroatoms. The van der Waals surface area contributed by atoms with Crippen LogP contribution in [0.5, 0.6) is 0 Å². The highest BCUT2D eigenvalue weighted by Gasteiger charge is 2.14. The van der Waals surface area contributed by atoms with E-state index in [2.05, 4.69) is 51.4 Å². The van der Waals surface area contributed by atoms with Gasteiger partial charge in [0.25, 0.3) is 0 Å². The SMILES string of the molecule is CCNC(c1ccc(N(C)C)cc1)c1cnccn1. The lowest BCUT2D eigenvalue weighted by Gasteiger charge is -2.19. The van der Waals surface area contributed by atoms with Crippen LogP contribution in [0.4, 0.5) is 5.69 Å². The number of benzene rings is 1. The van der Waals surface area contributed by atoms with Crippen molar-refractivity contribution < 1.29 is 0 Å². The Hall–Kier alpha value is -1.94. The predicted molar refractivity (Wildman–Crippen MR) is 78.3 cm³/mol. The van der Waals surface area contributed by atoms with Crippen molar-refractivity contribution in [2.45, 2.75) is 13.0 Å². The van der Waals surface area contributed by atoms with Crippen molar-refractivity contribution in [3.8, 4) is 0 Å². The van der Waals surface area contributed by atoms with Gasteiger partial charge in [0, 0.05) is 32.2 Å². The van der Waals surface area contributed by atoms with Gasteiger partial charge in [0.05, 0.1) is 17.9 Å². The zero-order valence-electron chi connectivity index (χ0n) is 11.7. The molecule has 0 amide bonds. The van der Waals surface area contributed by atoms with E-state index in [0.29, 0.717) is 0 Å². The summed E-state index contributed by atoms with van der Waals surface area (Å²) in [6.07, 6.45) is 5.24. The fourth-order valence-electron chi connectivity index (χ4n) is 2.02. The summed E-state index contributed by atoms with van der Waals surface area (Å²) in [5.74, 6) is 0. The van der Waals surface area contributed by atoms with E-state index < -0.39 is 0 Å². The fraction of sp³-hybridized carbons (Fsp3) is 0.333. The molecule has 100 valence electrons. The highest BCUT2D eigenvalue weighted by atomic mass is 15.1. The second-order valence-electron chi connectivity index (χ2n) is 4.61. The van der Waals surface area contributed by atoms with Crippen LogP contribution in [0.2, 0.25) is 0 Å². The van der Waals surface area contributed by atoms with Crippen LogP contribution in [0.3, 0.4) is 0 Å². The lowest BCUT2D eigenvalue weighted by Crippen LogP contribution is -2.23. The Morgan fingerprint density at radius 2 is 1.89 bits per heavy atom. The number of anilines is 1. The molecule has 0 bridgehead atoms. The van der Waals surface area contributed by atoms with Crippen molar-refractivity contribution >= 4 is 5.69 Å². The molecule has 0 saturated carbocycles. The minimum atomic E-state index is 0.0925. The molecule has 1 aromatic heterocycles. The maximum atomic E-state index is 4.40. The van der Waals surface area contributed by atoms with Gasteiger partial charge in [-0.3, -0.25) is 9.97 Å². The molecule has 19 heavy (non-hydrogen) atoms. The molecule has 1 N–H and O–H groups in total. The zero-order chi connectivity index (χ0) is 13.7. The van der Waals surface area contributed by atoms with Gasteiger partial charge in [0.2, 0.25) is 0 Å². The van der Waals surface area contributed by atoms with E-state index in [1.165, 1.54) is 11.3 Å². The van der Waals surface area contributed by atoms with Gasteiger partial charge in [0.1, 0.15) is 0 Å². The molecule has 2 rings (SSSR count). The molecule has 0 aliphatic carbocycles. The maximum Gasteiger partial charge on any atom is 0.0801 e. The summed E-state index contributed by atoms with van der Waals surface area (Å²) in [6, 6.07) is 8.61. The minimum Gasteiger partial charge on any atom is -0.378 e. The van der Waals surface area contributed by atoms with E-state index >= 15 is 0 Å². The summed E-state index contributed by atoms with van der Waals surface area (Å²) in [4.78, 5) is 10.6. The lowest BCUT2D eigenvalue weighted by molar-refractivity contribution is 0.613. The average molecular weight is 256 g/mol. The fourth-order valence-corrected chi connectivity index (χ4v) is 2.02. The third kappa shape index (κ3) is 3.29. The van der Waals surface area contributed by atoms with Crippen LogP contribution in [-0.4, -0.2) is 30.6 Å². The molecule has 1 aromatic carbocycles. The molecule has 0 aliphatic heterocycles. The summed E-state index contributed by atoms with van der Waals surface area (Å²) in [5.41, 5.74) is 3.34. The molecule has 0 aliphatic rings. The topological polar surface area (TPSA) is 41.0 Å². The molecule has 0 saturated heterocycles. The Labute approximate surface area is 114 Å². The highest BCUT2D eigenvalue weighted by Crippen LogP contribution is 2.22. The Balaban J connectivity index is 2.29. The van der Waals surface area contributed by atoms with Crippen molar-refractivity contribution in [3.63, 3.8) is 0 Å². The molecule has 1 heterocycles. The first-order valence-corrected chi connectivity index (χ1v) is 6.49. The Morgan fingerprint density at radius 1 is 1.16 bits per heavy atom. The van der Waals surface area contributed by atoms with E-state index in [1.807, 2.05) is 20.3 Å². The van der Waals surface area contributed by atoms with Gasteiger partial charge in [-0.15, -0.1) is 0 Å². The molecule has 0 fully saturated rings. The molecule has 0 radical (unpaired) electrons. The third-order valence-electron chi connectivity index (χ3n) is 3.03. The minimum absolute atomic E-state index is 0.0925. The van der Waals surface area contributed by atoms with Crippen LogP contribution in [0.15, 0.2) is 42.9 Å². The van der Waals surface area contributed by atoms with Gasteiger partial charge in [0.15, 0.2) is 0 Å². The predicted octanol–water partition coefficient (Wildman–Crippen LogP) is 2.24. The number of nitrogens with one attached hydrogen (secondary N) is 1. The van der Waals surface area contributed by atoms with Crippen LogP contribution in [0.1, 0.15) is 24.2 Å². The van der Waals surface area contributed by atoms with Crippen molar-refractivity contribution in [1.82, 2.24) is 15.3 Å². The van der Waals surface area contributed by atoms with E-state index in [1.54, 1.807) is 12.4 Å². The number of hydrogen-bond donors (Lipinski definition) is 1. The van der Waals surface area contributed by atoms with Gasteiger partial charge in [-0.05, 0) is 24.2 Å². The van der Waals surface area contributed by atoms with E-state index in [9.17, 15) is 0 Å². The first-order valence-electron chi connectivity index (χ1n) is 6.49. The molecule has 1 unspecified atom stereocenters. The number of rotatable bonds is 5. The van der Waals surface area contributed by atoms with Gasteiger partial charge < -0.3 is 10.2 Å². The molecular formula is C15H20N4. The summed E-state index contributed by atoms with van der Waals surface area (Å²) in [5, 5.41) is 3.45. The van der Waals surface area contributed by atoms with E-state index in [-0.39, 0.29) is 6.04 Å². The molecule has 4 nitrogen and oxygen atoms in total. The monoisotopic (exact) mass is 256 g/mol. The van der Waals surface area contributed by atoms with Crippen LogP contribution < -0.4 is 10.2 Å². The van der Waals surface area contributed by atoms with Crippen molar-refractivity contribution in [2.75, 3.05) is 25.5 Å². The number of nitrogens with zero attached hydrogens (tertiary/aromatic N) is 3. The van der Waals surface area contributed by atoms with Crippen LogP contribution in [-0.2, 0) is 0 Å². The first-order chi connectivity index (χ1) is 9.22. The zero-order valence-corrected chi connectivity index (χ0v) is 11.7. The molecule has 0 spiro atoms. The maximum absolute atomic E-state index is 4.40. The number of aromatic nitrogens is 2.